The highest BCUT2D eigenvalue weighted by Crippen LogP contribution is 2.30. The highest BCUT2D eigenvalue weighted by Gasteiger charge is 2.22. The number of carbonyl (C=O) groups excluding carboxylic acids is 1. The third kappa shape index (κ3) is 1.59. The second-order valence-corrected chi connectivity index (χ2v) is 3.44. The van der Waals surface area contributed by atoms with E-state index in [9.17, 15) is 14.9 Å². The van der Waals surface area contributed by atoms with Crippen LogP contribution in [0.1, 0.15) is 17.5 Å². The monoisotopic (exact) mass is 217 g/mol. The zero-order chi connectivity index (χ0) is 11.7. The van der Waals surface area contributed by atoms with E-state index in [1.165, 1.54) is 12.1 Å². The Labute approximate surface area is 90.6 Å². The maximum absolute atomic E-state index is 11.2. The average Bonchev–Trinajstić information content (AvgIpc) is 2.27. The van der Waals surface area contributed by atoms with Gasteiger partial charge >= 0.3 is 0 Å². The van der Waals surface area contributed by atoms with E-state index in [1.807, 2.05) is 6.07 Å². The van der Waals surface area contributed by atoms with Gasteiger partial charge in [0.25, 0.3) is 5.69 Å². The molecule has 1 heterocycles. The summed E-state index contributed by atoms with van der Waals surface area (Å²) in [6, 6.07) is 4.42. The number of fused-ring (bicyclic) bond motifs is 1. The van der Waals surface area contributed by atoms with Gasteiger partial charge in [-0.3, -0.25) is 14.9 Å². The van der Waals surface area contributed by atoms with Gasteiger partial charge in [0, 0.05) is 18.6 Å². The number of hydrogen-bond donors (Lipinski definition) is 1. The van der Waals surface area contributed by atoms with Crippen LogP contribution in [0.4, 0.5) is 11.4 Å². The zero-order valence-corrected chi connectivity index (χ0v) is 8.19. The van der Waals surface area contributed by atoms with Crippen molar-refractivity contribution in [2.75, 3.05) is 5.32 Å². The summed E-state index contributed by atoms with van der Waals surface area (Å²) in [5.41, 5.74) is 1.07. The quantitative estimate of drug-likeness (QED) is 0.567. The number of carbonyl (C=O) groups is 1. The summed E-state index contributed by atoms with van der Waals surface area (Å²) in [4.78, 5) is 21.2. The second kappa shape index (κ2) is 3.62. The molecule has 1 N–H and O–H groups in total. The summed E-state index contributed by atoms with van der Waals surface area (Å²) in [6.07, 6.45) is 0.719. The third-order valence-electron chi connectivity index (χ3n) is 2.42. The molecule has 0 atom stereocenters. The fourth-order valence-electron chi connectivity index (χ4n) is 1.67. The van der Waals surface area contributed by atoms with Crippen molar-refractivity contribution in [2.45, 2.75) is 12.8 Å². The maximum Gasteiger partial charge on any atom is 0.271 e. The summed E-state index contributed by atoms with van der Waals surface area (Å²) >= 11 is 0. The summed E-state index contributed by atoms with van der Waals surface area (Å²) in [5.74, 6) is -0.169. The standard InChI is InChI=1S/C10H7N3O3/c11-5-7-4-8(13(15)16)3-6-1-2-9(14)12-10(6)7/h3-4H,1-2H2,(H,12,14). The lowest BCUT2D eigenvalue weighted by Gasteiger charge is -2.17. The zero-order valence-electron chi connectivity index (χ0n) is 8.19. The summed E-state index contributed by atoms with van der Waals surface area (Å²) < 4.78 is 0. The summed E-state index contributed by atoms with van der Waals surface area (Å²) in [5, 5.41) is 22.1. The molecule has 2 rings (SSSR count). The first kappa shape index (κ1) is 10.1. The number of nitriles is 1. The Morgan fingerprint density at radius 2 is 2.19 bits per heavy atom. The second-order valence-electron chi connectivity index (χ2n) is 3.44. The molecule has 1 amide bonds. The molecule has 0 bridgehead atoms. The highest BCUT2D eigenvalue weighted by molar-refractivity contribution is 5.95. The average molecular weight is 217 g/mol. The first-order valence-electron chi connectivity index (χ1n) is 4.63. The minimum Gasteiger partial charge on any atom is -0.325 e. The van der Waals surface area contributed by atoms with E-state index >= 15 is 0 Å². The van der Waals surface area contributed by atoms with E-state index in [4.69, 9.17) is 5.26 Å². The van der Waals surface area contributed by atoms with E-state index in [2.05, 4.69) is 5.32 Å². The molecule has 0 saturated heterocycles. The number of hydrogen-bond acceptors (Lipinski definition) is 4. The molecule has 0 aromatic heterocycles. The maximum atomic E-state index is 11.2. The SMILES string of the molecule is N#Cc1cc([N+](=O)[O-])cc2c1NC(=O)CC2. The molecule has 0 spiro atoms. The number of nitro groups is 1. The summed E-state index contributed by atoms with van der Waals surface area (Å²) in [6.45, 7) is 0. The van der Waals surface area contributed by atoms with Gasteiger partial charge < -0.3 is 5.32 Å². The smallest absolute Gasteiger partial charge is 0.271 e. The number of benzene rings is 1. The molecule has 1 aromatic rings. The van der Waals surface area contributed by atoms with Crippen molar-refractivity contribution in [1.82, 2.24) is 0 Å². The lowest BCUT2D eigenvalue weighted by Crippen LogP contribution is -2.20. The lowest BCUT2D eigenvalue weighted by molar-refractivity contribution is -0.384. The minimum absolute atomic E-state index is 0.119. The van der Waals surface area contributed by atoms with Crippen LogP contribution in [0.15, 0.2) is 12.1 Å². The Morgan fingerprint density at radius 3 is 2.81 bits per heavy atom. The van der Waals surface area contributed by atoms with Crippen LogP contribution in [0.2, 0.25) is 0 Å². The Balaban J connectivity index is 2.60. The summed E-state index contributed by atoms with van der Waals surface area (Å²) in [7, 11) is 0. The van der Waals surface area contributed by atoms with Gasteiger partial charge in [0.15, 0.2) is 0 Å². The third-order valence-corrected chi connectivity index (χ3v) is 2.42. The van der Waals surface area contributed by atoms with Crippen LogP contribution >= 0.6 is 0 Å². The number of anilines is 1. The van der Waals surface area contributed by atoms with Crippen molar-refractivity contribution in [3.63, 3.8) is 0 Å². The molecule has 0 unspecified atom stereocenters. The van der Waals surface area contributed by atoms with E-state index in [0.717, 1.165) is 0 Å². The number of non-ortho nitro benzene ring substituents is 1. The molecular formula is C10H7N3O3. The van der Waals surface area contributed by atoms with Crippen LogP contribution in [0, 0.1) is 21.4 Å². The fraction of sp³-hybridized carbons (Fsp3) is 0.200. The van der Waals surface area contributed by atoms with Gasteiger partial charge in [-0.25, -0.2) is 0 Å². The highest BCUT2D eigenvalue weighted by atomic mass is 16.6. The van der Waals surface area contributed by atoms with Crippen LogP contribution in [0.25, 0.3) is 0 Å². The van der Waals surface area contributed by atoms with Gasteiger partial charge in [-0.2, -0.15) is 5.26 Å². The molecule has 0 fully saturated rings. The number of nitro benzene ring substituents is 1. The van der Waals surface area contributed by atoms with Gasteiger partial charge in [-0.05, 0) is 12.0 Å². The Morgan fingerprint density at radius 1 is 1.44 bits per heavy atom. The van der Waals surface area contributed by atoms with Crippen LogP contribution in [0.5, 0.6) is 0 Å². The normalized spacial score (nSPS) is 13.6. The van der Waals surface area contributed by atoms with Crippen LogP contribution in [-0.4, -0.2) is 10.8 Å². The van der Waals surface area contributed by atoms with Gasteiger partial charge in [0.05, 0.1) is 16.2 Å². The van der Waals surface area contributed by atoms with Crippen molar-refractivity contribution in [1.29, 1.82) is 5.26 Å². The molecule has 1 aliphatic heterocycles. The molecule has 6 nitrogen and oxygen atoms in total. The van der Waals surface area contributed by atoms with E-state index < -0.39 is 4.92 Å². The van der Waals surface area contributed by atoms with Crippen molar-refractivity contribution >= 4 is 17.3 Å². The number of aryl methyl sites for hydroxylation is 1. The topological polar surface area (TPSA) is 96.0 Å². The van der Waals surface area contributed by atoms with Crippen LogP contribution in [0.3, 0.4) is 0 Å². The predicted molar refractivity (Wildman–Crippen MR) is 54.8 cm³/mol. The Hall–Kier alpha value is -2.42. The van der Waals surface area contributed by atoms with E-state index in [0.29, 0.717) is 24.1 Å². The van der Waals surface area contributed by atoms with Crippen molar-refractivity contribution in [2.24, 2.45) is 0 Å². The van der Waals surface area contributed by atoms with Gasteiger partial charge in [-0.1, -0.05) is 0 Å². The van der Waals surface area contributed by atoms with Crippen LogP contribution in [-0.2, 0) is 11.2 Å². The predicted octanol–water partition coefficient (Wildman–Crippen LogP) is 1.35. The first-order valence-corrected chi connectivity index (χ1v) is 4.63. The van der Waals surface area contributed by atoms with Gasteiger partial charge in [0.2, 0.25) is 5.91 Å². The minimum atomic E-state index is -0.544. The molecule has 80 valence electrons. The van der Waals surface area contributed by atoms with E-state index in [1.54, 1.807) is 0 Å². The Kier molecular flexibility index (Phi) is 2.29. The first-order chi connectivity index (χ1) is 7.61. The molecule has 0 saturated carbocycles. The number of amides is 1. The van der Waals surface area contributed by atoms with E-state index in [-0.39, 0.29) is 17.2 Å². The lowest BCUT2D eigenvalue weighted by atomic mass is 9.98. The molecule has 6 heteroatoms. The molecule has 1 aliphatic rings. The van der Waals surface area contributed by atoms with Crippen molar-refractivity contribution in [3.8, 4) is 6.07 Å². The molecule has 1 aromatic carbocycles. The van der Waals surface area contributed by atoms with Crippen molar-refractivity contribution < 1.29 is 9.72 Å². The largest absolute Gasteiger partial charge is 0.325 e. The van der Waals surface area contributed by atoms with Crippen LogP contribution < -0.4 is 5.32 Å². The fourth-order valence-corrected chi connectivity index (χ4v) is 1.67. The van der Waals surface area contributed by atoms with Crippen molar-refractivity contribution in [3.05, 3.63) is 33.4 Å². The molecule has 16 heavy (non-hydrogen) atoms. The number of nitrogens with zero attached hydrogens (tertiary/aromatic N) is 2. The molecular weight excluding hydrogens is 210 g/mol. The van der Waals surface area contributed by atoms with Gasteiger partial charge in [0.1, 0.15) is 6.07 Å². The molecule has 0 radical (unpaired) electrons. The number of nitrogens with one attached hydrogen (secondary N) is 1. The van der Waals surface area contributed by atoms with Gasteiger partial charge in [-0.15, -0.1) is 0 Å². The molecule has 0 aliphatic carbocycles. The number of rotatable bonds is 1. The Bertz CT molecular complexity index is 531.